The fraction of sp³-hybridized carbons (Fsp3) is 0.448. The lowest BCUT2D eigenvalue weighted by Crippen LogP contribution is -2.44. The van der Waals surface area contributed by atoms with Gasteiger partial charge in [0.2, 0.25) is 0 Å². The van der Waals surface area contributed by atoms with E-state index in [1.165, 1.54) is 5.56 Å². The number of nitrogens with zero attached hydrogens (tertiary/aromatic N) is 4. The number of hydrogen-bond acceptors (Lipinski definition) is 7. The van der Waals surface area contributed by atoms with Crippen LogP contribution in [0.15, 0.2) is 60.9 Å². The molecule has 4 rings (SSSR count). The van der Waals surface area contributed by atoms with Crippen molar-refractivity contribution in [3.8, 4) is 22.8 Å². The van der Waals surface area contributed by atoms with Crippen molar-refractivity contribution < 1.29 is 9.47 Å². The van der Waals surface area contributed by atoms with Gasteiger partial charge in [0.05, 0.1) is 37.8 Å². The number of rotatable bonds is 12. The molecule has 1 aromatic heterocycles. The first-order valence-electron chi connectivity index (χ1n) is 13.0. The summed E-state index contributed by atoms with van der Waals surface area (Å²) in [5.74, 6) is 2.23. The van der Waals surface area contributed by atoms with E-state index in [9.17, 15) is 0 Å². The molecule has 1 atom stereocenters. The van der Waals surface area contributed by atoms with Gasteiger partial charge in [-0.25, -0.2) is 4.98 Å². The summed E-state index contributed by atoms with van der Waals surface area (Å²) in [4.78, 5) is 14.2. The number of anilines is 1. The van der Waals surface area contributed by atoms with E-state index in [1.54, 1.807) is 19.5 Å². The fourth-order valence-corrected chi connectivity index (χ4v) is 4.50. The molecule has 0 bridgehead atoms. The molecule has 36 heavy (non-hydrogen) atoms. The van der Waals surface area contributed by atoms with E-state index >= 15 is 0 Å². The summed E-state index contributed by atoms with van der Waals surface area (Å²) in [7, 11) is 3.87. The standard InChI is InChI=1S/C29H39N5O2/c1-4-25(23-10-6-5-7-11-23)31-29-22-30-21-26(32-29)24-12-13-27(28(20-24)35-3)36-19-9-8-14-34-17-15-33(2)16-18-34/h5-7,10-13,20-22,25H,4,8-9,14-19H2,1-3H3,(H,31,32). The highest BCUT2D eigenvalue weighted by Crippen LogP contribution is 2.32. The molecule has 1 unspecified atom stereocenters. The van der Waals surface area contributed by atoms with Crippen molar-refractivity contribution >= 4 is 5.82 Å². The fourth-order valence-electron chi connectivity index (χ4n) is 4.50. The van der Waals surface area contributed by atoms with E-state index in [0.717, 1.165) is 74.8 Å². The molecule has 7 nitrogen and oxygen atoms in total. The number of benzene rings is 2. The Labute approximate surface area is 215 Å². The van der Waals surface area contributed by atoms with Gasteiger partial charge in [-0.1, -0.05) is 37.3 Å². The van der Waals surface area contributed by atoms with Crippen LogP contribution in [0.4, 0.5) is 5.82 Å². The van der Waals surface area contributed by atoms with Gasteiger partial charge in [-0.2, -0.15) is 0 Å². The van der Waals surface area contributed by atoms with Gasteiger partial charge in [0.15, 0.2) is 11.5 Å². The highest BCUT2D eigenvalue weighted by atomic mass is 16.5. The van der Waals surface area contributed by atoms with Crippen molar-refractivity contribution in [2.45, 2.75) is 32.2 Å². The van der Waals surface area contributed by atoms with Crippen molar-refractivity contribution in [1.29, 1.82) is 0 Å². The van der Waals surface area contributed by atoms with Crippen LogP contribution < -0.4 is 14.8 Å². The SMILES string of the molecule is CCC(Nc1cncc(-c2ccc(OCCCCN3CCN(C)CC3)c(OC)c2)n1)c1ccccc1. The van der Waals surface area contributed by atoms with Crippen LogP contribution in [-0.4, -0.2) is 73.3 Å². The van der Waals surface area contributed by atoms with Crippen LogP contribution in [0.1, 0.15) is 37.8 Å². The highest BCUT2D eigenvalue weighted by molar-refractivity contribution is 5.64. The lowest BCUT2D eigenvalue weighted by molar-refractivity contribution is 0.149. The van der Waals surface area contributed by atoms with Crippen molar-refractivity contribution in [2.75, 3.05) is 58.8 Å². The number of methoxy groups -OCH3 is 1. The Balaban J connectivity index is 1.33. The van der Waals surface area contributed by atoms with Gasteiger partial charge < -0.3 is 24.6 Å². The summed E-state index contributed by atoms with van der Waals surface area (Å²) in [6.07, 6.45) is 6.66. The molecular formula is C29H39N5O2. The maximum atomic E-state index is 6.07. The molecule has 1 aliphatic rings. The quantitative estimate of drug-likeness (QED) is 0.354. The Bertz CT molecular complexity index is 1070. The van der Waals surface area contributed by atoms with Gasteiger partial charge in [-0.3, -0.25) is 4.98 Å². The summed E-state index contributed by atoms with van der Waals surface area (Å²) in [6, 6.07) is 16.6. The third-order valence-corrected chi connectivity index (χ3v) is 6.75. The van der Waals surface area contributed by atoms with E-state index in [0.29, 0.717) is 12.4 Å². The summed E-state index contributed by atoms with van der Waals surface area (Å²) < 4.78 is 11.7. The third kappa shape index (κ3) is 7.18. The topological polar surface area (TPSA) is 62.8 Å². The number of nitrogens with one attached hydrogen (secondary N) is 1. The second kappa shape index (κ2) is 13.2. The highest BCUT2D eigenvalue weighted by Gasteiger charge is 2.14. The number of unbranched alkanes of at least 4 members (excludes halogenated alkanes) is 1. The number of piperazine rings is 1. The van der Waals surface area contributed by atoms with Crippen LogP contribution >= 0.6 is 0 Å². The maximum Gasteiger partial charge on any atom is 0.161 e. The summed E-state index contributed by atoms with van der Waals surface area (Å²) >= 11 is 0. The van der Waals surface area contributed by atoms with E-state index in [4.69, 9.17) is 14.5 Å². The molecule has 0 amide bonds. The first kappa shape index (κ1) is 25.9. The zero-order valence-corrected chi connectivity index (χ0v) is 21.8. The Kier molecular flexibility index (Phi) is 9.53. The second-order valence-corrected chi connectivity index (χ2v) is 9.37. The summed E-state index contributed by atoms with van der Waals surface area (Å²) in [5, 5.41) is 3.53. The lowest BCUT2D eigenvalue weighted by atomic mass is 10.0. The molecule has 1 N–H and O–H groups in total. The van der Waals surface area contributed by atoms with Crippen LogP contribution in [0.25, 0.3) is 11.3 Å². The molecule has 2 heterocycles. The number of aromatic nitrogens is 2. The molecule has 0 spiro atoms. The zero-order valence-electron chi connectivity index (χ0n) is 21.8. The molecule has 7 heteroatoms. The van der Waals surface area contributed by atoms with Gasteiger partial charge in [0, 0.05) is 31.7 Å². The van der Waals surface area contributed by atoms with Crippen molar-refractivity contribution in [2.24, 2.45) is 0 Å². The van der Waals surface area contributed by atoms with Crippen LogP contribution in [0.2, 0.25) is 0 Å². The average Bonchev–Trinajstić information content (AvgIpc) is 2.93. The average molecular weight is 490 g/mol. The Hall–Kier alpha value is -3.16. The molecule has 0 saturated carbocycles. The second-order valence-electron chi connectivity index (χ2n) is 9.37. The lowest BCUT2D eigenvalue weighted by Gasteiger charge is -2.32. The number of likely N-dealkylation sites (N-methyl/N-ethyl adjacent to an activating group) is 1. The predicted octanol–water partition coefficient (Wildman–Crippen LogP) is 5.12. The molecule has 1 aliphatic heterocycles. The van der Waals surface area contributed by atoms with Gasteiger partial charge in [-0.05, 0) is 56.6 Å². The molecular weight excluding hydrogens is 450 g/mol. The zero-order chi connectivity index (χ0) is 25.2. The number of hydrogen-bond donors (Lipinski definition) is 1. The van der Waals surface area contributed by atoms with Gasteiger partial charge >= 0.3 is 0 Å². The summed E-state index contributed by atoms with van der Waals surface area (Å²) in [6.45, 7) is 8.64. The van der Waals surface area contributed by atoms with Crippen LogP contribution in [0.5, 0.6) is 11.5 Å². The minimum atomic E-state index is 0.178. The van der Waals surface area contributed by atoms with Crippen LogP contribution in [0, 0.1) is 0 Å². The van der Waals surface area contributed by atoms with Gasteiger partial charge in [0.25, 0.3) is 0 Å². The van der Waals surface area contributed by atoms with Crippen LogP contribution in [-0.2, 0) is 0 Å². The van der Waals surface area contributed by atoms with E-state index in [1.807, 2.05) is 24.3 Å². The molecule has 3 aromatic rings. The first-order valence-corrected chi connectivity index (χ1v) is 13.0. The minimum Gasteiger partial charge on any atom is -0.493 e. The summed E-state index contributed by atoms with van der Waals surface area (Å²) in [5.41, 5.74) is 2.97. The molecule has 1 saturated heterocycles. The molecule has 2 aromatic carbocycles. The normalized spacial score (nSPS) is 15.4. The van der Waals surface area contributed by atoms with Crippen molar-refractivity contribution in [1.82, 2.24) is 19.8 Å². The molecule has 0 aliphatic carbocycles. The first-order chi connectivity index (χ1) is 17.7. The molecule has 0 radical (unpaired) electrons. The minimum absolute atomic E-state index is 0.178. The monoisotopic (exact) mass is 489 g/mol. The largest absolute Gasteiger partial charge is 0.493 e. The predicted molar refractivity (Wildman–Crippen MR) is 146 cm³/mol. The maximum absolute atomic E-state index is 6.07. The van der Waals surface area contributed by atoms with Gasteiger partial charge in [-0.15, -0.1) is 0 Å². The Morgan fingerprint density at radius 1 is 0.972 bits per heavy atom. The smallest absolute Gasteiger partial charge is 0.161 e. The molecule has 1 fully saturated rings. The Morgan fingerprint density at radius 3 is 2.53 bits per heavy atom. The van der Waals surface area contributed by atoms with Crippen molar-refractivity contribution in [3.63, 3.8) is 0 Å². The Morgan fingerprint density at radius 2 is 1.78 bits per heavy atom. The van der Waals surface area contributed by atoms with Crippen LogP contribution in [0.3, 0.4) is 0 Å². The number of ether oxygens (including phenoxy) is 2. The van der Waals surface area contributed by atoms with E-state index in [2.05, 4.69) is 58.3 Å². The van der Waals surface area contributed by atoms with Crippen molar-refractivity contribution in [3.05, 3.63) is 66.5 Å². The van der Waals surface area contributed by atoms with E-state index in [-0.39, 0.29) is 6.04 Å². The molecule has 192 valence electrons. The van der Waals surface area contributed by atoms with E-state index < -0.39 is 0 Å². The van der Waals surface area contributed by atoms with Gasteiger partial charge in [0.1, 0.15) is 5.82 Å². The third-order valence-electron chi connectivity index (χ3n) is 6.75.